The quantitative estimate of drug-likeness (QED) is 0.837. The molecular weight excluding hydrogens is 354 g/mol. The van der Waals surface area contributed by atoms with Crippen molar-refractivity contribution in [3.8, 4) is 0 Å². The Morgan fingerprint density at radius 3 is 2.57 bits per heavy atom. The van der Waals surface area contributed by atoms with E-state index in [1.165, 1.54) is 5.56 Å². The predicted molar refractivity (Wildman–Crippen MR) is 109 cm³/mol. The number of benzene rings is 1. The van der Waals surface area contributed by atoms with Crippen molar-refractivity contribution in [2.45, 2.75) is 70.6 Å². The fourth-order valence-corrected chi connectivity index (χ4v) is 4.67. The highest BCUT2D eigenvalue weighted by molar-refractivity contribution is 5.97. The van der Waals surface area contributed by atoms with E-state index in [2.05, 4.69) is 34.6 Å². The number of nitrogens with zero attached hydrogens (tertiary/aromatic N) is 3. The van der Waals surface area contributed by atoms with Gasteiger partial charge in [0.05, 0.1) is 12.1 Å². The van der Waals surface area contributed by atoms with Gasteiger partial charge in [0, 0.05) is 5.69 Å². The van der Waals surface area contributed by atoms with Gasteiger partial charge in [-0.15, -0.1) is 0 Å². The molecule has 0 radical (unpaired) electrons. The Balaban J connectivity index is 1.47. The molecule has 0 bridgehead atoms. The van der Waals surface area contributed by atoms with Crippen LogP contribution in [0.1, 0.15) is 57.9 Å². The maximum atomic E-state index is 13.1. The van der Waals surface area contributed by atoms with Crippen molar-refractivity contribution in [3.05, 3.63) is 29.8 Å². The van der Waals surface area contributed by atoms with E-state index in [1.807, 2.05) is 31.2 Å². The maximum absolute atomic E-state index is 13.1. The van der Waals surface area contributed by atoms with Gasteiger partial charge < -0.3 is 15.1 Å². The Hall–Kier alpha value is -2.57. The Labute approximate surface area is 166 Å². The highest BCUT2D eigenvalue weighted by Crippen LogP contribution is 2.34. The van der Waals surface area contributed by atoms with Crippen molar-refractivity contribution in [2.24, 2.45) is 5.10 Å². The predicted octanol–water partition coefficient (Wildman–Crippen LogP) is 2.47. The number of carbonyl (C=O) groups excluding carboxylic acids is 2. The first kappa shape index (κ1) is 18.8. The fraction of sp³-hybridized carbons (Fsp3) is 0.571. The summed E-state index contributed by atoms with van der Waals surface area (Å²) in [7, 11) is 0. The van der Waals surface area contributed by atoms with Crippen LogP contribution in [0.5, 0.6) is 0 Å². The molecule has 0 spiro atoms. The van der Waals surface area contributed by atoms with Gasteiger partial charge in [0.15, 0.2) is 6.17 Å². The Morgan fingerprint density at radius 2 is 1.89 bits per heavy atom. The van der Waals surface area contributed by atoms with Gasteiger partial charge in [0.2, 0.25) is 5.91 Å². The number of nitrogens with one attached hydrogen (secondary N) is 2. The molecule has 2 aliphatic heterocycles. The molecule has 1 saturated heterocycles. The lowest BCUT2D eigenvalue weighted by molar-refractivity contribution is -0.151. The van der Waals surface area contributed by atoms with Crippen LogP contribution in [0.2, 0.25) is 0 Å². The summed E-state index contributed by atoms with van der Waals surface area (Å²) >= 11 is 0. The lowest BCUT2D eigenvalue weighted by atomic mass is 9.85. The zero-order chi connectivity index (χ0) is 19.8. The highest BCUT2D eigenvalue weighted by atomic mass is 16.2. The number of hydrogen-bond donors (Lipinski definition) is 2. The summed E-state index contributed by atoms with van der Waals surface area (Å²) in [5, 5.41) is 7.21. The van der Waals surface area contributed by atoms with Crippen LogP contribution in [0.4, 0.5) is 5.69 Å². The monoisotopic (exact) mass is 383 g/mol. The summed E-state index contributed by atoms with van der Waals surface area (Å²) in [6.07, 6.45) is 3.72. The van der Waals surface area contributed by atoms with Crippen LogP contribution in [0, 0.1) is 0 Å². The summed E-state index contributed by atoms with van der Waals surface area (Å²) < 4.78 is 0. The molecule has 1 aliphatic carbocycles. The molecule has 2 N–H and O–H groups in total. The number of amidine groups is 1. The first-order chi connectivity index (χ1) is 13.5. The number of rotatable bonds is 4. The van der Waals surface area contributed by atoms with Crippen molar-refractivity contribution in [1.82, 2.24) is 15.2 Å². The van der Waals surface area contributed by atoms with Crippen LogP contribution in [0.3, 0.4) is 0 Å². The molecule has 4 rings (SSSR count). The molecule has 1 aromatic rings. The molecule has 3 unspecified atom stereocenters. The summed E-state index contributed by atoms with van der Waals surface area (Å²) in [6.45, 7) is 6.30. The van der Waals surface area contributed by atoms with Gasteiger partial charge >= 0.3 is 0 Å². The van der Waals surface area contributed by atoms with Crippen LogP contribution >= 0.6 is 0 Å². The molecule has 2 heterocycles. The number of fused-ring (bicyclic) bond motifs is 3. The Bertz CT molecular complexity index is 788. The number of hydrazone groups is 1. The average molecular weight is 383 g/mol. The van der Waals surface area contributed by atoms with E-state index < -0.39 is 6.17 Å². The maximum Gasteiger partial charge on any atom is 0.268 e. The molecule has 7 heteroatoms. The van der Waals surface area contributed by atoms with Crippen molar-refractivity contribution >= 4 is 23.3 Å². The van der Waals surface area contributed by atoms with Crippen molar-refractivity contribution in [3.63, 3.8) is 0 Å². The lowest BCUT2D eigenvalue weighted by Crippen LogP contribution is -2.69. The van der Waals surface area contributed by atoms with E-state index in [0.717, 1.165) is 37.2 Å². The molecule has 2 fully saturated rings. The smallest absolute Gasteiger partial charge is 0.268 e. The summed E-state index contributed by atoms with van der Waals surface area (Å²) in [4.78, 5) is 29.7. The number of piperazine rings is 1. The van der Waals surface area contributed by atoms with E-state index in [9.17, 15) is 9.59 Å². The second-order valence-corrected chi connectivity index (χ2v) is 8.31. The standard InChI is InChI=1S/C21H29N5O2/c1-13(2)15-8-10-16(11-9-15)22-19(27)12-25-17-6-4-5-7-18(17)26-14(3)23-24-20(26)21(25)28/h8-11,13,17-18,20,24H,4-7,12H2,1-3H3,(H,22,27). The van der Waals surface area contributed by atoms with Crippen LogP contribution in [-0.2, 0) is 9.59 Å². The first-order valence-corrected chi connectivity index (χ1v) is 10.2. The molecular formula is C21H29N5O2. The number of anilines is 1. The molecule has 0 aromatic heterocycles. The van der Waals surface area contributed by atoms with Gasteiger partial charge in [-0.2, -0.15) is 5.10 Å². The molecule has 1 aromatic carbocycles. The molecule has 7 nitrogen and oxygen atoms in total. The first-order valence-electron chi connectivity index (χ1n) is 10.2. The molecule has 3 atom stereocenters. The van der Waals surface area contributed by atoms with Crippen molar-refractivity contribution < 1.29 is 9.59 Å². The zero-order valence-corrected chi connectivity index (χ0v) is 16.8. The van der Waals surface area contributed by atoms with Crippen molar-refractivity contribution in [2.75, 3.05) is 11.9 Å². The third-order valence-electron chi connectivity index (χ3n) is 6.14. The molecule has 2 amide bonds. The van der Waals surface area contributed by atoms with Gasteiger partial charge in [-0.1, -0.05) is 38.8 Å². The second kappa shape index (κ2) is 7.45. The van der Waals surface area contributed by atoms with E-state index in [1.54, 1.807) is 4.90 Å². The van der Waals surface area contributed by atoms with Crippen molar-refractivity contribution in [1.29, 1.82) is 0 Å². The number of hydrogen-bond acceptors (Lipinski definition) is 5. The van der Waals surface area contributed by atoms with Gasteiger partial charge in [0.25, 0.3) is 5.91 Å². The van der Waals surface area contributed by atoms with Crippen LogP contribution in [0.25, 0.3) is 0 Å². The zero-order valence-electron chi connectivity index (χ0n) is 16.8. The summed E-state index contributed by atoms with van der Waals surface area (Å²) in [6, 6.07) is 8.21. The van der Waals surface area contributed by atoms with Crippen LogP contribution < -0.4 is 10.7 Å². The SMILES string of the molecule is CC1=NNC2C(=O)N(CC(=O)Nc3ccc(C(C)C)cc3)C3CCCCC3N12. The minimum atomic E-state index is -0.475. The molecule has 3 aliphatic rings. The minimum Gasteiger partial charge on any atom is -0.325 e. The van der Waals surface area contributed by atoms with Gasteiger partial charge in [0.1, 0.15) is 12.4 Å². The largest absolute Gasteiger partial charge is 0.325 e. The molecule has 28 heavy (non-hydrogen) atoms. The lowest BCUT2D eigenvalue weighted by Gasteiger charge is -2.50. The normalized spacial score (nSPS) is 26.5. The number of carbonyl (C=O) groups is 2. The fourth-order valence-electron chi connectivity index (χ4n) is 4.67. The minimum absolute atomic E-state index is 0.0611. The Kier molecular flexibility index (Phi) is 5.00. The van der Waals surface area contributed by atoms with E-state index in [-0.39, 0.29) is 30.4 Å². The average Bonchev–Trinajstić information content (AvgIpc) is 3.07. The molecule has 1 saturated carbocycles. The topological polar surface area (TPSA) is 77.0 Å². The van der Waals surface area contributed by atoms with E-state index in [0.29, 0.717) is 5.92 Å². The van der Waals surface area contributed by atoms with E-state index >= 15 is 0 Å². The van der Waals surface area contributed by atoms with Gasteiger partial charge in [-0.3, -0.25) is 15.0 Å². The van der Waals surface area contributed by atoms with Crippen LogP contribution in [0.15, 0.2) is 29.4 Å². The third kappa shape index (κ3) is 3.34. The van der Waals surface area contributed by atoms with E-state index in [4.69, 9.17) is 0 Å². The van der Waals surface area contributed by atoms with Crippen LogP contribution in [-0.4, -0.2) is 52.2 Å². The van der Waals surface area contributed by atoms with Gasteiger partial charge in [-0.25, -0.2) is 0 Å². The Morgan fingerprint density at radius 1 is 1.21 bits per heavy atom. The van der Waals surface area contributed by atoms with Gasteiger partial charge in [-0.05, 0) is 43.4 Å². The summed E-state index contributed by atoms with van der Waals surface area (Å²) in [5.41, 5.74) is 4.95. The highest BCUT2D eigenvalue weighted by Gasteiger charge is 2.50. The number of amides is 2. The second-order valence-electron chi connectivity index (χ2n) is 8.31. The summed E-state index contributed by atoms with van der Waals surface area (Å²) in [5.74, 6) is 1.10. The molecule has 150 valence electrons. The third-order valence-corrected chi connectivity index (χ3v) is 6.14.